The monoisotopic (exact) mass is 164 g/mol. The number of alkyl halides is 1. The van der Waals surface area contributed by atoms with Crippen LogP contribution in [0.15, 0.2) is 0 Å². The fraction of sp³-hybridized carbons (Fsp3) is 1.00. The molecule has 1 aliphatic heterocycles. The van der Waals surface area contributed by atoms with Gasteiger partial charge in [0.05, 0.1) is 6.61 Å². The van der Waals surface area contributed by atoms with E-state index in [9.17, 15) is 0 Å². The maximum Gasteiger partial charge on any atom is 0.157 e. The van der Waals surface area contributed by atoms with Crippen molar-refractivity contribution in [1.82, 2.24) is 0 Å². The van der Waals surface area contributed by atoms with Gasteiger partial charge in [-0.25, -0.2) is 0 Å². The van der Waals surface area contributed by atoms with E-state index in [0.29, 0.717) is 5.88 Å². The molecule has 0 aromatic rings. The standard InChI is InChI=1S/C7H13ClO2/c8-4-2-6-10-7-3-1-5-9-7/h7H,1-6H2. The molecular formula is C7H13ClO2. The summed E-state index contributed by atoms with van der Waals surface area (Å²) in [7, 11) is 0. The highest BCUT2D eigenvalue weighted by Crippen LogP contribution is 2.12. The average molecular weight is 165 g/mol. The van der Waals surface area contributed by atoms with Crippen molar-refractivity contribution in [2.24, 2.45) is 0 Å². The first kappa shape index (κ1) is 8.31. The highest BCUT2D eigenvalue weighted by Gasteiger charge is 2.14. The Morgan fingerprint density at radius 1 is 1.60 bits per heavy atom. The lowest BCUT2D eigenvalue weighted by molar-refractivity contribution is -0.110. The Hall–Kier alpha value is 0.210. The second-order valence-electron chi connectivity index (χ2n) is 2.36. The molecule has 0 bridgehead atoms. The molecule has 0 saturated carbocycles. The summed E-state index contributed by atoms with van der Waals surface area (Å²) in [6.07, 6.45) is 3.15. The number of hydrogen-bond donors (Lipinski definition) is 0. The summed E-state index contributed by atoms with van der Waals surface area (Å²) in [4.78, 5) is 0. The van der Waals surface area contributed by atoms with Crippen molar-refractivity contribution in [3.8, 4) is 0 Å². The average Bonchev–Trinajstić information content (AvgIpc) is 2.41. The molecular weight excluding hydrogens is 152 g/mol. The minimum absolute atomic E-state index is 0.0585. The van der Waals surface area contributed by atoms with Gasteiger partial charge in [-0.1, -0.05) is 0 Å². The van der Waals surface area contributed by atoms with E-state index in [1.165, 1.54) is 0 Å². The molecule has 1 atom stereocenters. The van der Waals surface area contributed by atoms with Gasteiger partial charge < -0.3 is 9.47 Å². The summed E-state index contributed by atoms with van der Waals surface area (Å²) in [6.45, 7) is 1.58. The summed E-state index contributed by atoms with van der Waals surface area (Å²) < 4.78 is 10.6. The fourth-order valence-electron chi connectivity index (χ4n) is 0.949. The largest absolute Gasteiger partial charge is 0.353 e. The molecule has 1 unspecified atom stereocenters. The predicted octanol–water partition coefficient (Wildman–Crippen LogP) is 1.77. The second kappa shape index (κ2) is 4.94. The Morgan fingerprint density at radius 3 is 3.10 bits per heavy atom. The Kier molecular flexibility index (Phi) is 4.10. The molecule has 1 fully saturated rings. The van der Waals surface area contributed by atoms with Gasteiger partial charge in [0.25, 0.3) is 0 Å². The summed E-state index contributed by atoms with van der Waals surface area (Å²) in [5.74, 6) is 0.673. The third-order valence-electron chi connectivity index (χ3n) is 1.47. The maximum atomic E-state index is 5.47. The fourth-order valence-corrected chi connectivity index (χ4v) is 1.06. The van der Waals surface area contributed by atoms with Crippen LogP contribution in [0.4, 0.5) is 0 Å². The molecule has 3 heteroatoms. The van der Waals surface area contributed by atoms with Crippen LogP contribution in [0.1, 0.15) is 19.3 Å². The lowest BCUT2D eigenvalue weighted by Crippen LogP contribution is -2.11. The first-order valence-corrected chi connectivity index (χ1v) is 4.26. The van der Waals surface area contributed by atoms with E-state index in [-0.39, 0.29) is 6.29 Å². The first-order chi connectivity index (χ1) is 4.93. The van der Waals surface area contributed by atoms with E-state index in [0.717, 1.165) is 32.5 Å². The van der Waals surface area contributed by atoms with Crippen LogP contribution in [0.2, 0.25) is 0 Å². The maximum absolute atomic E-state index is 5.47. The van der Waals surface area contributed by atoms with Crippen LogP contribution >= 0.6 is 11.6 Å². The van der Waals surface area contributed by atoms with Crippen LogP contribution in [0.5, 0.6) is 0 Å². The van der Waals surface area contributed by atoms with Crippen LogP contribution in [-0.4, -0.2) is 25.4 Å². The molecule has 0 aliphatic carbocycles. The van der Waals surface area contributed by atoms with Crippen LogP contribution in [0.25, 0.3) is 0 Å². The Labute approximate surface area is 66.5 Å². The predicted molar refractivity (Wildman–Crippen MR) is 40.3 cm³/mol. The van der Waals surface area contributed by atoms with Gasteiger partial charge in [-0.15, -0.1) is 11.6 Å². The Morgan fingerprint density at radius 2 is 2.50 bits per heavy atom. The highest BCUT2D eigenvalue weighted by molar-refractivity contribution is 6.17. The van der Waals surface area contributed by atoms with Gasteiger partial charge in [-0.3, -0.25) is 0 Å². The van der Waals surface area contributed by atoms with Gasteiger partial charge in [-0.05, 0) is 12.8 Å². The van der Waals surface area contributed by atoms with Gasteiger partial charge in [0.2, 0.25) is 0 Å². The van der Waals surface area contributed by atoms with Gasteiger partial charge in [0, 0.05) is 18.9 Å². The number of ether oxygens (including phenoxy) is 2. The lowest BCUT2D eigenvalue weighted by Gasteiger charge is -2.08. The van der Waals surface area contributed by atoms with Crippen LogP contribution < -0.4 is 0 Å². The van der Waals surface area contributed by atoms with E-state index in [1.807, 2.05) is 0 Å². The molecule has 0 spiro atoms. The minimum atomic E-state index is 0.0585. The van der Waals surface area contributed by atoms with Gasteiger partial charge >= 0.3 is 0 Å². The normalized spacial score (nSPS) is 25.5. The number of halogens is 1. The minimum Gasteiger partial charge on any atom is -0.353 e. The molecule has 1 rings (SSSR count). The van der Waals surface area contributed by atoms with Gasteiger partial charge in [0.1, 0.15) is 0 Å². The van der Waals surface area contributed by atoms with Crippen LogP contribution in [-0.2, 0) is 9.47 Å². The zero-order chi connectivity index (χ0) is 7.23. The summed E-state index contributed by atoms with van der Waals surface area (Å²) in [5, 5.41) is 0. The highest BCUT2D eigenvalue weighted by atomic mass is 35.5. The van der Waals surface area contributed by atoms with Crippen LogP contribution in [0.3, 0.4) is 0 Å². The van der Waals surface area contributed by atoms with E-state index in [4.69, 9.17) is 21.1 Å². The molecule has 1 heterocycles. The smallest absolute Gasteiger partial charge is 0.157 e. The third-order valence-corrected chi connectivity index (χ3v) is 1.74. The zero-order valence-corrected chi connectivity index (χ0v) is 6.77. The van der Waals surface area contributed by atoms with Crippen molar-refractivity contribution in [2.75, 3.05) is 19.1 Å². The molecule has 10 heavy (non-hydrogen) atoms. The quantitative estimate of drug-likeness (QED) is 0.466. The van der Waals surface area contributed by atoms with Crippen molar-refractivity contribution in [3.05, 3.63) is 0 Å². The first-order valence-electron chi connectivity index (χ1n) is 3.72. The molecule has 2 nitrogen and oxygen atoms in total. The molecule has 0 N–H and O–H groups in total. The topological polar surface area (TPSA) is 18.5 Å². The van der Waals surface area contributed by atoms with Crippen molar-refractivity contribution in [2.45, 2.75) is 25.6 Å². The van der Waals surface area contributed by atoms with E-state index in [1.54, 1.807) is 0 Å². The lowest BCUT2D eigenvalue weighted by atomic mass is 10.4. The molecule has 0 aromatic carbocycles. The third kappa shape index (κ3) is 2.86. The van der Waals surface area contributed by atoms with Crippen molar-refractivity contribution < 1.29 is 9.47 Å². The number of rotatable bonds is 4. The van der Waals surface area contributed by atoms with Crippen LogP contribution in [0, 0.1) is 0 Å². The van der Waals surface area contributed by atoms with Crippen molar-refractivity contribution in [3.63, 3.8) is 0 Å². The van der Waals surface area contributed by atoms with E-state index in [2.05, 4.69) is 0 Å². The second-order valence-corrected chi connectivity index (χ2v) is 2.73. The molecule has 1 aliphatic rings. The molecule has 0 amide bonds. The zero-order valence-electron chi connectivity index (χ0n) is 6.01. The van der Waals surface area contributed by atoms with Gasteiger partial charge in [0.15, 0.2) is 6.29 Å². The summed E-state index contributed by atoms with van der Waals surface area (Å²) in [6, 6.07) is 0. The molecule has 1 saturated heterocycles. The van der Waals surface area contributed by atoms with Crippen molar-refractivity contribution in [1.29, 1.82) is 0 Å². The molecule has 0 aromatic heterocycles. The van der Waals surface area contributed by atoms with E-state index < -0.39 is 0 Å². The van der Waals surface area contributed by atoms with E-state index >= 15 is 0 Å². The molecule has 60 valence electrons. The Bertz CT molecular complexity index is 81.7. The van der Waals surface area contributed by atoms with Gasteiger partial charge in [-0.2, -0.15) is 0 Å². The number of hydrogen-bond acceptors (Lipinski definition) is 2. The SMILES string of the molecule is ClCCCOC1CCCO1. The Balaban J connectivity index is 1.91. The molecule has 0 radical (unpaired) electrons. The summed E-state index contributed by atoms with van der Waals surface area (Å²) in [5.41, 5.74) is 0. The summed E-state index contributed by atoms with van der Waals surface area (Å²) >= 11 is 5.47. The van der Waals surface area contributed by atoms with Crippen molar-refractivity contribution >= 4 is 11.6 Å².